The first-order chi connectivity index (χ1) is 8.90. The van der Waals surface area contributed by atoms with Crippen molar-refractivity contribution in [1.82, 2.24) is 10.2 Å². The van der Waals surface area contributed by atoms with Crippen LogP contribution in [0.4, 0.5) is 0 Å². The lowest BCUT2D eigenvalue weighted by atomic mass is 10.0. The molecular weight excluding hydrogens is 224 g/mol. The van der Waals surface area contributed by atoms with E-state index in [0.717, 1.165) is 13.1 Å². The first-order valence-electron chi connectivity index (χ1n) is 6.99. The van der Waals surface area contributed by atoms with Gasteiger partial charge in [-0.25, -0.2) is 0 Å². The van der Waals surface area contributed by atoms with Crippen LogP contribution in [0.1, 0.15) is 24.8 Å². The van der Waals surface area contributed by atoms with Crippen LogP contribution in [0.2, 0.25) is 0 Å². The van der Waals surface area contributed by atoms with Crippen LogP contribution in [-0.4, -0.2) is 42.3 Å². The summed E-state index contributed by atoms with van der Waals surface area (Å²) in [6.45, 7) is 4.17. The summed E-state index contributed by atoms with van der Waals surface area (Å²) in [4.78, 5) is 2.57. The molecule has 100 valence electrons. The minimum absolute atomic E-state index is 0.228. The lowest BCUT2D eigenvalue weighted by Crippen LogP contribution is -2.45. The number of piperidine rings is 1. The van der Waals surface area contributed by atoms with E-state index in [1.807, 2.05) is 0 Å². The highest BCUT2D eigenvalue weighted by atomic mass is 16.3. The third kappa shape index (κ3) is 4.09. The third-order valence-corrected chi connectivity index (χ3v) is 3.65. The summed E-state index contributed by atoms with van der Waals surface area (Å²) in [7, 11) is 0. The second-order valence-electron chi connectivity index (χ2n) is 5.03. The molecular formula is C15H24N2O. The molecule has 2 N–H and O–H groups in total. The van der Waals surface area contributed by atoms with Crippen LogP contribution >= 0.6 is 0 Å². The molecule has 1 atom stereocenters. The highest BCUT2D eigenvalue weighted by molar-refractivity contribution is 5.14. The summed E-state index contributed by atoms with van der Waals surface area (Å²) < 4.78 is 0. The standard InChI is InChI=1S/C15H24N2O/c18-11-9-16-12-15-8-4-5-10-17(15)13-14-6-2-1-3-7-14/h1-3,6-7,15-16,18H,4-5,8-13H2/t15-/m0/s1. The summed E-state index contributed by atoms with van der Waals surface area (Å²) in [5.74, 6) is 0. The minimum atomic E-state index is 0.228. The molecule has 18 heavy (non-hydrogen) atoms. The molecule has 0 saturated carbocycles. The Hall–Kier alpha value is -0.900. The van der Waals surface area contributed by atoms with E-state index in [9.17, 15) is 0 Å². The molecule has 1 aliphatic heterocycles. The number of likely N-dealkylation sites (tertiary alicyclic amines) is 1. The monoisotopic (exact) mass is 248 g/mol. The van der Waals surface area contributed by atoms with Crippen molar-refractivity contribution in [2.24, 2.45) is 0 Å². The molecule has 1 heterocycles. The summed E-state index contributed by atoms with van der Waals surface area (Å²) in [5.41, 5.74) is 1.39. The highest BCUT2D eigenvalue weighted by Gasteiger charge is 2.21. The van der Waals surface area contributed by atoms with Crippen LogP contribution in [0.25, 0.3) is 0 Å². The van der Waals surface area contributed by atoms with Crippen molar-refractivity contribution < 1.29 is 5.11 Å². The van der Waals surface area contributed by atoms with Gasteiger partial charge in [0.15, 0.2) is 0 Å². The Morgan fingerprint density at radius 3 is 2.83 bits per heavy atom. The zero-order chi connectivity index (χ0) is 12.6. The summed E-state index contributed by atoms with van der Waals surface area (Å²) in [5, 5.41) is 12.1. The number of aliphatic hydroxyl groups is 1. The molecule has 0 aromatic heterocycles. The van der Waals surface area contributed by atoms with Crippen LogP contribution in [0, 0.1) is 0 Å². The average Bonchev–Trinajstić information content (AvgIpc) is 2.42. The average molecular weight is 248 g/mol. The smallest absolute Gasteiger partial charge is 0.0555 e. The number of hydrogen-bond acceptors (Lipinski definition) is 3. The number of benzene rings is 1. The lowest BCUT2D eigenvalue weighted by molar-refractivity contribution is 0.136. The third-order valence-electron chi connectivity index (χ3n) is 3.65. The van der Waals surface area contributed by atoms with E-state index >= 15 is 0 Å². The van der Waals surface area contributed by atoms with Crippen molar-refractivity contribution in [3.05, 3.63) is 35.9 Å². The minimum Gasteiger partial charge on any atom is -0.395 e. The van der Waals surface area contributed by atoms with Gasteiger partial charge in [-0.15, -0.1) is 0 Å². The second kappa shape index (κ2) is 7.52. The van der Waals surface area contributed by atoms with Crippen molar-refractivity contribution in [1.29, 1.82) is 0 Å². The molecule has 0 unspecified atom stereocenters. The van der Waals surface area contributed by atoms with Crippen LogP contribution < -0.4 is 5.32 Å². The molecule has 2 rings (SSSR count). The van der Waals surface area contributed by atoms with Crippen molar-refractivity contribution in [3.8, 4) is 0 Å². The lowest BCUT2D eigenvalue weighted by Gasteiger charge is -2.36. The maximum atomic E-state index is 8.82. The van der Waals surface area contributed by atoms with E-state index in [1.54, 1.807) is 0 Å². The van der Waals surface area contributed by atoms with E-state index in [2.05, 4.69) is 40.5 Å². The Morgan fingerprint density at radius 1 is 1.22 bits per heavy atom. The fourth-order valence-corrected chi connectivity index (χ4v) is 2.66. The number of nitrogens with one attached hydrogen (secondary N) is 1. The van der Waals surface area contributed by atoms with Gasteiger partial charge in [0.1, 0.15) is 0 Å². The number of rotatable bonds is 6. The summed E-state index contributed by atoms with van der Waals surface area (Å²) in [6.07, 6.45) is 3.91. The zero-order valence-corrected chi connectivity index (χ0v) is 11.0. The van der Waals surface area contributed by atoms with Gasteiger partial charge in [0.25, 0.3) is 0 Å². The Morgan fingerprint density at radius 2 is 2.06 bits per heavy atom. The fraction of sp³-hybridized carbons (Fsp3) is 0.600. The van der Waals surface area contributed by atoms with Crippen LogP contribution in [0.3, 0.4) is 0 Å². The van der Waals surface area contributed by atoms with E-state index < -0.39 is 0 Å². The Labute approximate surface area is 110 Å². The first-order valence-corrected chi connectivity index (χ1v) is 6.99. The van der Waals surface area contributed by atoms with Crippen LogP contribution in [0.15, 0.2) is 30.3 Å². The quantitative estimate of drug-likeness (QED) is 0.751. The first kappa shape index (κ1) is 13.5. The molecule has 0 bridgehead atoms. The molecule has 1 aromatic rings. The Bertz CT molecular complexity index is 329. The fourth-order valence-electron chi connectivity index (χ4n) is 2.66. The number of hydrogen-bond donors (Lipinski definition) is 2. The Balaban J connectivity index is 1.87. The van der Waals surface area contributed by atoms with E-state index in [0.29, 0.717) is 12.6 Å². The number of nitrogens with zero attached hydrogens (tertiary/aromatic N) is 1. The van der Waals surface area contributed by atoms with Crippen LogP contribution in [-0.2, 0) is 6.54 Å². The summed E-state index contributed by atoms with van der Waals surface area (Å²) >= 11 is 0. The van der Waals surface area contributed by atoms with Gasteiger partial charge in [-0.1, -0.05) is 36.8 Å². The SMILES string of the molecule is OCCNC[C@@H]1CCCCN1Cc1ccccc1. The van der Waals surface area contributed by atoms with Gasteiger partial charge >= 0.3 is 0 Å². The highest BCUT2D eigenvalue weighted by Crippen LogP contribution is 2.19. The zero-order valence-electron chi connectivity index (χ0n) is 11.0. The van der Waals surface area contributed by atoms with E-state index in [4.69, 9.17) is 5.11 Å². The van der Waals surface area contributed by atoms with Crippen molar-refractivity contribution in [2.45, 2.75) is 31.8 Å². The maximum Gasteiger partial charge on any atom is 0.0555 e. The Kier molecular flexibility index (Phi) is 5.65. The normalized spacial score (nSPS) is 21.1. The van der Waals surface area contributed by atoms with Gasteiger partial charge in [-0.3, -0.25) is 4.90 Å². The predicted molar refractivity (Wildman–Crippen MR) is 74.4 cm³/mol. The van der Waals surface area contributed by atoms with Gasteiger partial charge in [0.2, 0.25) is 0 Å². The molecule has 1 fully saturated rings. The van der Waals surface area contributed by atoms with E-state index in [1.165, 1.54) is 31.4 Å². The molecule has 1 saturated heterocycles. The molecule has 3 heteroatoms. The van der Waals surface area contributed by atoms with Gasteiger partial charge in [-0.05, 0) is 24.9 Å². The van der Waals surface area contributed by atoms with Gasteiger partial charge in [-0.2, -0.15) is 0 Å². The summed E-state index contributed by atoms with van der Waals surface area (Å²) in [6, 6.07) is 11.3. The van der Waals surface area contributed by atoms with Gasteiger partial charge in [0.05, 0.1) is 6.61 Å². The molecule has 0 amide bonds. The van der Waals surface area contributed by atoms with Gasteiger partial charge < -0.3 is 10.4 Å². The van der Waals surface area contributed by atoms with Crippen molar-refractivity contribution in [2.75, 3.05) is 26.2 Å². The molecule has 3 nitrogen and oxygen atoms in total. The molecule has 1 aliphatic rings. The topological polar surface area (TPSA) is 35.5 Å². The second-order valence-corrected chi connectivity index (χ2v) is 5.03. The largest absolute Gasteiger partial charge is 0.395 e. The van der Waals surface area contributed by atoms with Crippen molar-refractivity contribution >= 4 is 0 Å². The number of aliphatic hydroxyl groups excluding tert-OH is 1. The molecule has 1 aromatic carbocycles. The van der Waals surface area contributed by atoms with Crippen molar-refractivity contribution in [3.63, 3.8) is 0 Å². The van der Waals surface area contributed by atoms with E-state index in [-0.39, 0.29) is 6.61 Å². The molecule has 0 aliphatic carbocycles. The maximum absolute atomic E-state index is 8.82. The molecule has 0 spiro atoms. The molecule has 0 radical (unpaired) electrons. The predicted octanol–water partition coefficient (Wildman–Crippen LogP) is 1.62. The van der Waals surface area contributed by atoms with Crippen LogP contribution in [0.5, 0.6) is 0 Å². The van der Waals surface area contributed by atoms with Gasteiger partial charge in [0, 0.05) is 25.7 Å².